The van der Waals surface area contributed by atoms with Crippen LogP contribution in [0.1, 0.15) is 53.4 Å². The summed E-state index contributed by atoms with van der Waals surface area (Å²) in [7, 11) is 1.52. The van der Waals surface area contributed by atoms with Crippen molar-refractivity contribution in [3.63, 3.8) is 0 Å². The van der Waals surface area contributed by atoms with Gasteiger partial charge in [0.15, 0.2) is 5.41 Å². The fraction of sp³-hybridized carbons (Fsp3) is 0.895. The molecule has 140 valence electrons. The first kappa shape index (κ1) is 21.2. The fourth-order valence-electron chi connectivity index (χ4n) is 4.71. The Labute approximate surface area is 148 Å². The minimum Gasteiger partial charge on any atom is -0.468 e. The summed E-state index contributed by atoms with van der Waals surface area (Å²) in [4.78, 5) is 24.8. The van der Waals surface area contributed by atoms with Gasteiger partial charge in [0.25, 0.3) is 0 Å². The van der Waals surface area contributed by atoms with Crippen LogP contribution in [0.25, 0.3) is 0 Å². The first-order chi connectivity index (χ1) is 11.4. The van der Waals surface area contributed by atoms with E-state index in [1.54, 1.807) is 0 Å². The molecule has 0 aromatic carbocycles. The molecule has 0 heterocycles. The van der Waals surface area contributed by atoms with Crippen molar-refractivity contribution in [2.75, 3.05) is 14.2 Å². The van der Waals surface area contributed by atoms with E-state index in [1.807, 2.05) is 0 Å². The van der Waals surface area contributed by atoms with Crippen LogP contribution in [0.15, 0.2) is 0 Å². The number of rotatable bonds is 8. The summed E-state index contributed by atoms with van der Waals surface area (Å²) < 4.78 is 9.95. The Balaban J connectivity index is 3.03. The number of hydrogen-bond acceptors (Lipinski definition) is 4. The van der Waals surface area contributed by atoms with E-state index >= 15 is 0 Å². The third-order valence-electron chi connectivity index (χ3n) is 6.84. The zero-order valence-electron chi connectivity index (χ0n) is 16.4. The average molecular weight is 357 g/mol. The monoisotopic (exact) mass is 356 g/mol. The van der Waals surface area contributed by atoms with Gasteiger partial charge in [0.2, 0.25) is 0 Å². The van der Waals surface area contributed by atoms with E-state index in [2.05, 4.69) is 27.7 Å². The van der Waals surface area contributed by atoms with Gasteiger partial charge in [-0.05, 0) is 31.1 Å². The average Bonchev–Trinajstić information content (AvgIpc) is 2.64. The largest absolute Gasteiger partial charge is 0.468 e. The molecule has 0 radical (unpaired) electrons. The first-order valence-electron chi connectivity index (χ1n) is 9.55. The van der Waals surface area contributed by atoms with Gasteiger partial charge in [0.1, 0.15) is 0 Å². The maximum atomic E-state index is 12.4. The molecular formula is C19H36O4Si. The summed E-state index contributed by atoms with van der Waals surface area (Å²) in [6, 6.07) is 5.30. The molecule has 0 aromatic heterocycles. The van der Waals surface area contributed by atoms with E-state index in [0.717, 1.165) is 12.8 Å². The van der Waals surface area contributed by atoms with Gasteiger partial charge in [-0.1, -0.05) is 58.3 Å². The van der Waals surface area contributed by atoms with E-state index in [0.29, 0.717) is 24.7 Å². The lowest BCUT2D eigenvalue weighted by Gasteiger charge is -2.44. The Hall–Kier alpha value is -0.843. The van der Waals surface area contributed by atoms with E-state index in [1.165, 1.54) is 38.4 Å². The van der Waals surface area contributed by atoms with Crippen molar-refractivity contribution in [1.29, 1.82) is 0 Å². The van der Waals surface area contributed by atoms with Crippen LogP contribution in [0, 0.1) is 17.3 Å². The molecule has 1 saturated carbocycles. The SMILES string of the molecule is CC[C@H]1CC(C(=O)OC)(C(=O)OC)CC[C@@H]1C[Si](CC)(CC)CC. The van der Waals surface area contributed by atoms with Gasteiger partial charge in [-0.3, -0.25) is 9.59 Å². The van der Waals surface area contributed by atoms with Gasteiger partial charge < -0.3 is 9.47 Å². The summed E-state index contributed by atoms with van der Waals surface area (Å²) in [5.41, 5.74) is -1.09. The quantitative estimate of drug-likeness (QED) is 0.361. The van der Waals surface area contributed by atoms with Gasteiger partial charge in [0.05, 0.1) is 22.3 Å². The van der Waals surface area contributed by atoms with Gasteiger partial charge in [-0.15, -0.1) is 0 Å². The summed E-state index contributed by atoms with van der Waals surface area (Å²) in [6.07, 6.45) is 3.07. The standard InChI is InChI=1S/C19H36O4Si/c1-7-15-13-19(17(20)22-5,18(21)23-6)12-11-16(15)14-24(8-2,9-3)10-4/h15-16H,7-14H2,1-6H3/t15-,16+/m0/s1. The van der Waals surface area contributed by atoms with Crippen LogP contribution < -0.4 is 0 Å². The minimum absolute atomic E-state index is 0.397. The maximum Gasteiger partial charge on any atom is 0.323 e. The second-order valence-corrected chi connectivity index (χ2v) is 13.0. The van der Waals surface area contributed by atoms with Gasteiger partial charge >= 0.3 is 11.9 Å². The lowest BCUT2D eigenvalue weighted by atomic mass is 9.64. The number of carbonyl (C=O) groups is 2. The molecule has 2 atom stereocenters. The Morgan fingerprint density at radius 3 is 1.83 bits per heavy atom. The molecule has 0 N–H and O–H groups in total. The first-order valence-corrected chi connectivity index (χ1v) is 12.4. The van der Waals surface area contributed by atoms with E-state index in [-0.39, 0.29) is 0 Å². The second-order valence-electron chi connectivity index (χ2n) is 7.50. The van der Waals surface area contributed by atoms with Crippen molar-refractivity contribution in [2.24, 2.45) is 17.3 Å². The summed E-state index contributed by atoms with van der Waals surface area (Å²) in [5, 5.41) is 0. The topological polar surface area (TPSA) is 52.6 Å². The lowest BCUT2D eigenvalue weighted by molar-refractivity contribution is -0.174. The number of ether oxygens (including phenoxy) is 2. The Morgan fingerprint density at radius 2 is 1.46 bits per heavy atom. The van der Waals surface area contributed by atoms with Crippen LogP contribution in [-0.2, 0) is 19.1 Å². The van der Waals surface area contributed by atoms with Crippen molar-refractivity contribution in [1.82, 2.24) is 0 Å². The van der Waals surface area contributed by atoms with Crippen LogP contribution in [-0.4, -0.2) is 34.2 Å². The molecule has 0 amide bonds. The number of esters is 2. The molecule has 1 aliphatic carbocycles. The maximum absolute atomic E-state index is 12.4. The molecule has 0 aromatic rings. The molecule has 24 heavy (non-hydrogen) atoms. The van der Waals surface area contributed by atoms with E-state index in [9.17, 15) is 9.59 Å². The summed E-state index contributed by atoms with van der Waals surface area (Å²) in [6.45, 7) is 9.21. The van der Waals surface area contributed by atoms with Crippen LogP contribution in [0.2, 0.25) is 24.2 Å². The summed E-state index contributed by atoms with van der Waals surface area (Å²) >= 11 is 0. The van der Waals surface area contributed by atoms with Crippen molar-refractivity contribution in [2.45, 2.75) is 77.6 Å². The van der Waals surface area contributed by atoms with Crippen LogP contribution in [0.5, 0.6) is 0 Å². The highest BCUT2D eigenvalue weighted by Gasteiger charge is 2.53. The third kappa shape index (κ3) is 4.03. The van der Waals surface area contributed by atoms with Crippen molar-refractivity contribution >= 4 is 20.0 Å². The smallest absolute Gasteiger partial charge is 0.323 e. The number of methoxy groups -OCH3 is 2. The Kier molecular flexibility index (Phi) is 7.97. The Morgan fingerprint density at radius 1 is 0.958 bits per heavy atom. The molecule has 1 aliphatic rings. The fourth-order valence-corrected chi connectivity index (χ4v) is 8.73. The molecule has 4 nitrogen and oxygen atoms in total. The van der Waals surface area contributed by atoms with Crippen LogP contribution in [0.4, 0.5) is 0 Å². The minimum atomic E-state index is -1.21. The van der Waals surface area contributed by atoms with Gasteiger partial charge in [0, 0.05) is 0 Å². The van der Waals surface area contributed by atoms with Crippen molar-refractivity contribution < 1.29 is 19.1 Å². The predicted octanol–water partition coefficient (Wildman–Crippen LogP) is 4.65. The van der Waals surface area contributed by atoms with Gasteiger partial charge in [-0.2, -0.15) is 0 Å². The Bertz CT molecular complexity index is 407. The zero-order chi connectivity index (χ0) is 18.4. The normalized spacial score (nSPS) is 23.6. The van der Waals surface area contributed by atoms with Crippen molar-refractivity contribution in [3.8, 4) is 0 Å². The highest BCUT2D eigenvalue weighted by molar-refractivity contribution is 6.79. The number of carbonyl (C=O) groups excluding carboxylic acids is 2. The molecule has 1 rings (SSSR count). The molecule has 5 heteroatoms. The van der Waals surface area contributed by atoms with Crippen LogP contribution in [0.3, 0.4) is 0 Å². The molecule has 0 bridgehead atoms. The van der Waals surface area contributed by atoms with E-state index in [4.69, 9.17) is 9.47 Å². The molecule has 0 spiro atoms. The van der Waals surface area contributed by atoms with Gasteiger partial charge in [-0.25, -0.2) is 0 Å². The predicted molar refractivity (Wildman–Crippen MR) is 99.6 cm³/mol. The molecule has 0 aliphatic heterocycles. The third-order valence-corrected chi connectivity index (χ3v) is 12.7. The molecule has 1 fully saturated rings. The lowest BCUT2D eigenvalue weighted by Crippen LogP contribution is -2.48. The zero-order valence-corrected chi connectivity index (χ0v) is 17.4. The molecule has 0 unspecified atom stereocenters. The highest BCUT2D eigenvalue weighted by Crippen LogP contribution is 2.49. The second kappa shape index (κ2) is 9.02. The van der Waals surface area contributed by atoms with E-state index < -0.39 is 25.4 Å². The number of hydrogen-bond donors (Lipinski definition) is 0. The van der Waals surface area contributed by atoms with Crippen LogP contribution >= 0.6 is 0 Å². The molecular weight excluding hydrogens is 320 g/mol. The molecule has 0 saturated heterocycles. The highest BCUT2D eigenvalue weighted by atomic mass is 28.3. The summed E-state index contributed by atoms with van der Waals surface area (Å²) in [5.74, 6) is 0.185. The van der Waals surface area contributed by atoms with Crippen molar-refractivity contribution in [3.05, 3.63) is 0 Å².